The lowest BCUT2D eigenvalue weighted by Crippen LogP contribution is -2.44. The minimum Gasteiger partial charge on any atom is -0.497 e. The number of amides is 1. The summed E-state index contributed by atoms with van der Waals surface area (Å²) in [5.41, 5.74) is -0.0552. The highest BCUT2D eigenvalue weighted by Gasteiger charge is 2.43. The first kappa shape index (κ1) is 17.6. The van der Waals surface area contributed by atoms with E-state index in [0.29, 0.717) is 16.0 Å². The van der Waals surface area contributed by atoms with Crippen LogP contribution in [0.2, 0.25) is 0 Å². The van der Waals surface area contributed by atoms with E-state index in [1.807, 2.05) is 0 Å². The molecular weight excluding hydrogens is 327 g/mol. The van der Waals surface area contributed by atoms with Crippen molar-refractivity contribution in [1.29, 1.82) is 0 Å². The molecule has 2 aromatic carbocycles. The van der Waals surface area contributed by atoms with E-state index in [9.17, 15) is 22.8 Å². The largest absolute Gasteiger partial charge is 0.497 e. The maximum Gasteiger partial charge on any atom is 0.471 e. The predicted molar refractivity (Wildman–Crippen MR) is 80.9 cm³/mol. The molecule has 0 aliphatic heterocycles. The lowest BCUT2D eigenvalue weighted by Gasteiger charge is -2.23. The van der Waals surface area contributed by atoms with Crippen LogP contribution in [0.5, 0.6) is 5.75 Å². The van der Waals surface area contributed by atoms with Gasteiger partial charge in [0.25, 0.3) is 0 Å². The van der Waals surface area contributed by atoms with E-state index in [0.717, 1.165) is 12.5 Å². The van der Waals surface area contributed by atoms with Gasteiger partial charge >= 0.3 is 18.1 Å². The quantitative estimate of drug-likeness (QED) is 0.803. The number of carbonyl (C=O) groups excluding carboxylic acids is 2. The van der Waals surface area contributed by atoms with Gasteiger partial charge in [0.15, 0.2) is 0 Å². The molecule has 1 amide bonds. The van der Waals surface area contributed by atoms with E-state index < -0.39 is 24.6 Å². The number of nitrogens with zero attached hydrogens (tertiary/aromatic N) is 1. The lowest BCUT2D eigenvalue weighted by molar-refractivity contribution is -0.171. The molecule has 0 saturated carbocycles. The number of benzene rings is 2. The summed E-state index contributed by atoms with van der Waals surface area (Å²) in [7, 11) is 2.53. The summed E-state index contributed by atoms with van der Waals surface area (Å²) < 4.78 is 47.8. The molecule has 0 bridgehead atoms. The SMILES string of the molecule is COC(=O)CN(C(=O)C(F)(F)F)c1ccc2cc(OC)ccc2c1. The number of esters is 1. The minimum absolute atomic E-state index is 0.0552. The number of hydrogen-bond donors (Lipinski definition) is 0. The Kier molecular flexibility index (Phi) is 4.96. The molecule has 8 heteroatoms. The van der Waals surface area contributed by atoms with Gasteiger partial charge in [-0.25, -0.2) is 0 Å². The van der Waals surface area contributed by atoms with Crippen molar-refractivity contribution in [2.24, 2.45) is 0 Å². The van der Waals surface area contributed by atoms with Crippen LogP contribution in [0.25, 0.3) is 10.8 Å². The monoisotopic (exact) mass is 341 g/mol. The normalized spacial score (nSPS) is 11.2. The Bertz CT molecular complexity index is 773. The Balaban J connectivity index is 2.46. The maximum atomic E-state index is 12.8. The van der Waals surface area contributed by atoms with Crippen molar-refractivity contribution in [2.75, 3.05) is 25.7 Å². The van der Waals surface area contributed by atoms with E-state index in [2.05, 4.69) is 4.74 Å². The second kappa shape index (κ2) is 6.77. The van der Waals surface area contributed by atoms with Gasteiger partial charge in [0.2, 0.25) is 0 Å². The van der Waals surface area contributed by atoms with Crippen molar-refractivity contribution in [3.05, 3.63) is 36.4 Å². The van der Waals surface area contributed by atoms with E-state index in [4.69, 9.17) is 4.74 Å². The van der Waals surface area contributed by atoms with Crippen molar-refractivity contribution < 1.29 is 32.2 Å². The molecule has 0 aliphatic carbocycles. The van der Waals surface area contributed by atoms with E-state index in [1.165, 1.54) is 19.2 Å². The Labute approximate surface area is 135 Å². The standard InChI is InChI=1S/C16H14F3NO4/c1-23-13-6-4-10-7-12(5-3-11(10)8-13)20(9-14(21)24-2)15(22)16(17,18)19/h3-8H,9H2,1-2H3. The fourth-order valence-corrected chi connectivity index (χ4v) is 2.13. The molecule has 0 fully saturated rings. The third-order valence-electron chi connectivity index (χ3n) is 3.35. The summed E-state index contributed by atoms with van der Waals surface area (Å²) >= 11 is 0. The van der Waals surface area contributed by atoms with Gasteiger partial charge in [-0.1, -0.05) is 12.1 Å². The number of anilines is 1. The van der Waals surface area contributed by atoms with Crippen molar-refractivity contribution >= 4 is 28.3 Å². The molecule has 0 spiro atoms. The first-order valence-corrected chi connectivity index (χ1v) is 6.79. The average molecular weight is 341 g/mol. The Morgan fingerprint density at radius 3 is 2.25 bits per heavy atom. The molecule has 128 valence electrons. The molecule has 0 saturated heterocycles. The number of fused-ring (bicyclic) bond motifs is 1. The number of methoxy groups -OCH3 is 2. The van der Waals surface area contributed by atoms with Gasteiger partial charge in [-0.05, 0) is 35.0 Å². The van der Waals surface area contributed by atoms with Gasteiger partial charge in [0, 0.05) is 5.69 Å². The van der Waals surface area contributed by atoms with Crippen LogP contribution in [0.3, 0.4) is 0 Å². The minimum atomic E-state index is -5.11. The van der Waals surface area contributed by atoms with Crippen LogP contribution in [0.1, 0.15) is 0 Å². The van der Waals surface area contributed by atoms with Crippen molar-refractivity contribution in [1.82, 2.24) is 0 Å². The molecule has 2 rings (SSSR count). The third-order valence-corrected chi connectivity index (χ3v) is 3.35. The van der Waals surface area contributed by atoms with Gasteiger partial charge in [0.05, 0.1) is 14.2 Å². The molecule has 0 atom stereocenters. The van der Waals surface area contributed by atoms with Crippen molar-refractivity contribution in [3.63, 3.8) is 0 Å². The molecule has 24 heavy (non-hydrogen) atoms. The molecule has 5 nitrogen and oxygen atoms in total. The second-order valence-electron chi connectivity index (χ2n) is 4.86. The summed E-state index contributed by atoms with van der Waals surface area (Å²) in [6, 6.07) is 9.25. The second-order valence-corrected chi connectivity index (χ2v) is 4.86. The molecular formula is C16H14F3NO4. The van der Waals surface area contributed by atoms with Gasteiger partial charge in [-0.2, -0.15) is 13.2 Å². The summed E-state index contributed by atoms with van der Waals surface area (Å²) in [6.45, 7) is -0.837. The molecule has 0 aliphatic rings. The van der Waals surface area contributed by atoms with Gasteiger partial charge < -0.3 is 9.47 Å². The van der Waals surface area contributed by atoms with Crippen LogP contribution in [0.15, 0.2) is 36.4 Å². The van der Waals surface area contributed by atoms with Gasteiger partial charge in [0.1, 0.15) is 12.3 Å². The van der Waals surface area contributed by atoms with Crippen molar-refractivity contribution in [3.8, 4) is 5.75 Å². The molecule has 0 heterocycles. The lowest BCUT2D eigenvalue weighted by atomic mass is 10.1. The number of ether oxygens (including phenoxy) is 2. The Hall–Kier alpha value is -2.77. The van der Waals surface area contributed by atoms with Crippen LogP contribution in [0.4, 0.5) is 18.9 Å². The number of hydrogen-bond acceptors (Lipinski definition) is 4. The predicted octanol–water partition coefficient (Wildman–Crippen LogP) is 2.92. The summed E-state index contributed by atoms with van der Waals surface area (Å²) in [4.78, 5) is 23.3. The third kappa shape index (κ3) is 3.76. The zero-order chi connectivity index (χ0) is 17.9. The van der Waals surface area contributed by atoms with E-state index in [1.54, 1.807) is 24.3 Å². The van der Waals surface area contributed by atoms with E-state index >= 15 is 0 Å². The molecule has 0 N–H and O–H groups in total. The number of alkyl halides is 3. The van der Waals surface area contributed by atoms with Crippen LogP contribution in [-0.2, 0) is 14.3 Å². The molecule has 2 aromatic rings. The Morgan fingerprint density at radius 2 is 1.67 bits per heavy atom. The van der Waals surface area contributed by atoms with Crippen LogP contribution >= 0.6 is 0 Å². The number of carbonyl (C=O) groups is 2. The summed E-state index contributed by atoms with van der Waals surface area (Å²) in [6.07, 6.45) is -5.11. The van der Waals surface area contributed by atoms with E-state index in [-0.39, 0.29) is 5.69 Å². The zero-order valence-corrected chi connectivity index (χ0v) is 12.9. The maximum absolute atomic E-state index is 12.8. The topological polar surface area (TPSA) is 55.8 Å². The molecule has 0 unspecified atom stereocenters. The molecule has 0 aromatic heterocycles. The first-order chi connectivity index (χ1) is 11.3. The molecule has 0 radical (unpaired) electrons. The highest BCUT2D eigenvalue weighted by Crippen LogP contribution is 2.28. The number of rotatable bonds is 4. The zero-order valence-electron chi connectivity index (χ0n) is 12.9. The Morgan fingerprint density at radius 1 is 1.04 bits per heavy atom. The highest BCUT2D eigenvalue weighted by atomic mass is 19.4. The van der Waals surface area contributed by atoms with Gasteiger partial charge in [-0.15, -0.1) is 0 Å². The highest BCUT2D eigenvalue weighted by molar-refractivity contribution is 6.02. The number of halogens is 3. The van der Waals surface area contributed by atoms with Gasteiger partial charge in [-0.3, -0.25) is 14.5 Å². The van der Waals surface area contributed by atoms with Crippen LogP contribution in [-0.4, -0.2) is 38.8 Å². The fraction of sp³-hybridized carbons (Fsp3) is 0.250. The fourth-order valence-electron chi connectivity index (χ4n) is 2.13. The van der Waals surface area contributed by atoms with Crippen LogP contribution < -0.4 is 9.64 Å². The van der Waals surface area contributed by atoms with Crippen LogP contribution in [0, 0.1) is 0 Å². The van der Waals surface area contributed by atoms with Crippen molar-refractivity contribution in [2.45, 2.75) is 6.18 Å². The summed E-state index contributed by atoms with van der Waals surface area (Å²) in [5.74, 6) is -2.50. The smallest absolute Gasteiger partial charge is 0.471 e. The average Bonchev–Trinajstić information content (AvgIpc) is 2.57. The first-order valence-electron chi connectivity index (χ1n) is 6.79. The summed E-state index contributed by atoms with van der Waals surface area (Å²) in [5, 5.41) is 1.31.